The molecule has 0 aliphatic heterocycles. The molecule has 2 heterocycles. The van der Waals surface area contributed by atoms with Crippen LogP contribution in [0.4, 0.5) is 0 Å². The molecular weight excluding hydrogens is 729 g/mol. The van der Waals surface area contributed by atoms with Crippen molar-refractivity contribution in [2.24, 2.45) is 0 Å². The van der Waals surface area contributed by atoms with Crippen molar-refractivity contribution < 1.29 is 4.42 Å². The summed E-state index contributed by atoms with van der Waals surface area (Å²) in [5, 5.41) is 4.52. The summed E-state index contributed by atoms with van der Waals surface area (Å²) in [6, 6.07) is 78.1. The van der Waals surface area contributed by atoms with Crippen LogP contribution in [0.2, 0.25) is 0 Å². The standard InChI is InChI=1S/C57H36N2O/c1-3-17-41(18-4-1)57(42-19-5-2-6-20-42)49-26-11-9-23-46(49)55-47(25-14-27-50(55)57)52-36-51(58-56(59-52)45-24-13-16-38-15-7-8-21-43(38)45)39-31-29-37(30-32-39)40-33-34-54-48(35-40)44-22-10-12-28-53(44)60-54/h1-36H. The molecule has 0 saturated carbocycles. The second kappa shape index (κ2) is 13.6. The summed E-state index contributed by atoms with van der Waals surface area (Å²) in [6.07, 6.45) is 0. The quantitative estimate of drug-likeness (QED) is 0.169. The van der Waals surface area contributed by atoms with Crippen molar-refractivity contribution in [1.29, 1.82) is 0 Å². The van der Waals surface area contributed by atoms with Gasteiger partial charge in [-0.3, -0.25) is 0 Å². The van der Waals surface area contributed by atoms with Crippen molar-refractivity contribution in [1.82, 2.24) is 9.97 Å². The number of hydrogen-bond donors (Lipinski definition) is 0. The maximum Gasteiger partial charge on any atom is 0.161 e. The van der Waals surface area contributed by atoms with Gasteiger partial charge >= 0.3 is 0 Å². The van der Waals surface area contributed by atoms with Crippen LogP contribution in [0.15, 0.2) is 223 Å². The highest BCUT2D eigenvalue weighted by Gasteiger charge is 2.46. The first-order valence-corrected chi connectivity index (χ1v) is 20.5. The zero-order valence-electron chi connectivity index (χ0n) is 32.6. The monoisotopic (exact) mass is 764 g/mol. The van der Waals surface area contributed by atoms with Crippen LogP contribution in [0.25, 0.3) is 88.9 Å². The minimum Gasteiger partial charge on any atom is -0.456 e. The highest BCUT2D eigenvalue weighted by atomic mass is 16.3. The molecular formula is C57H36N2O. The van der Waals surface area contributed by atoms with Crippen LogP contribution < -0.4 is 0 Å². The molecule has 280 valence electrons. The van der Waals surface area contributed by atoms with Gasteiger partial charge in [0.25, 0.3) is 0 Å². The Kier molecular flexibility index (Phi) is 7.76. The predicted molar refractivity (Wildman–Crippen MR) is 246 cm³/mol. The normalized spacial score (nSPS) is 12.8. The summed E-state index contributed by atoms with van der Waals surface area (Å²) in [6.45, 7) is 0. The van der Waals surface area contributed by atoms with E-state index in [4.69, 9.17) is 14.4 Å². The lowest BCUT2D eigenvalue weighted by molar-refractivity contribution is 0.669. The summed E-state index contributed by atoms with van der Waals surface area (Å²) in [7, 11) is 0. The second-order valence-corrected chi connectivity index (χ2v) is 15.6. The Labute approximate surface area is 347 Å². The first-order chi connectivity index (χ1) is 29.7. The van der Waals surface area contributed by atoms with E-state index in [9.17, 15) is 0 Å². The summed E-state index contributed by atoms with van der Waals surface area (Å²) >= 11 is 0. The van der Waals surface area contributed by atoms with Gasteiger partial charge in [-0.15, -0.1) is 0 Å². The van der Waals surface area contributed by atoms with Gasteiger partial charge in [-0.1, -0.05) is 194 Å². The summed E-state index contributed by atoms with van der Waals surface area (Å²) in [4.78, 5) is 10.8. The largest absolute Gasteiger partial charge is 0.456 e. The van der Waals surface area contributed by atoms with Crippen LogP contribution in [-0.4, -0.2) is 9.97 Å². The molecule has 11 aromatic rings. The Morgan fingerprint density at radius 1 is 0.350 bits per heavy atom. The number of benzene rings is 9. The molecule has 60 heavy (non-hydrogen) atoms. The Morgan fingerprint density at radius 2 is 0.917 bits per heavy atom. The lowest BCUT2D eigenvalue weighted by Gasteiger charge is -2.33. The SMILES string of the molecule is c1ccc(C2(c3ccccc3)c3ccccc3-c3c(-c4cc(-c5ccc(-c6ccc7oc8ccccc8c7c6)cc5)nc(-c5cccc6ccccc56)n4)cccc32)cc1. The van der Waals surface area contributed by atoms with Crippen molar-refractivity contribution in [3.05, 3.63) is 241 Å². The van der Waals surface area contributed by atoms with Crippen LogP contribution in [0.5, 0.6) is 0 Å². The topological polar surface area (TPSA) is 38.9 Å². The molecule has 3 nitrogen and oxygen atoms in total. The highest BCUT2D eigenvalue weighted by molar-refractivity contribution is 6.06. The van der Waals surface area contributed by atoms with E-state index in [2.05, 4.69) is 206 Å². The molecule has 0 unspecified atom stereocenters. The molecule has 0 N–H and O–H groups in total. The smallest absolute Gasteiger partial charge is 0.161 e. The average Bonchev–Trinajstić information content (AvgIpc) is 3.85. The van der Waals surface area contributed by atoms with Crippen LogP contribution >= 0.6 is 0 Å². The summed E-state index contributed by atoms with van der Waals surface area (Å²) in [5.41, 5.74) is 15.8. The molecule has 0 atom stereocenters. The third kappa shape index (κ3) is 5.23. The molecule has 12 rings (SSSR count). The van der Waals surface area contributed by atoms with Gasteiger partial charge in [-0.25, -0.2) is 9.97 Å². The maximum absolute atomic E-state index is 6.13. The second-order valence-electron chi connectivity index (χ2n) is 15.6. The molecule has 2 aromatic heterocycles. The summed E-state index contributed by atoms with van der Waals surface area (Å²) in [5.74, 6) is 0.696. The Balaban J connectivity index is 1.07. The van der Waals surface area contributed by atoms with E-state index in [1.165, 1.54) is 33.4 Å². The number of furan rings is 1. The van der Waals surface area contributed by atoms with Crippen molar-refractivity contribution in [2.45, 2.75) is 5.41 Å². The molecule has 0 saturated heterocycles. The van der Waals surface area contributed by atoms with Crippen LogP contribution in [-0.2, 0) is 5.41 Å². The fraction of sp³-hybridized carbons (Fsp3) is 0.0175. The van der Waals surface area contributed by atoms with Crippen molar-refractivity contribution in [3.8, 4) is 56.2 Å². The van der Waals surface area contributed by atoms with Gasteiger partial charge in [0.2, 0.25) is 0 Å². The fourth-order valence-electron chi connectivity index (χ4n) is 9.72. The molecule has 1 aliphatic rings. The van der Waals surface area contributed by atoms with Gasteiger partial charge in [0.05, 0.1) is 16.8 Å². The number of nitrogens with zero attached hydrogens (tertiary/aromatic N) is 2. The molecule has 0 bridgehead atoms. The number of rotatable bonds is 6. The van der Waals surface area contributed by atoms with E-state index in [1.807, 2.05) is 12.1 Å². The number of fused-ring (bicyclic) bond motifs is 7. The molecule has 0 fully saturated rings. The van der Waals surface area contributed by atoms with Gasteiger partial charge in [0.1, 0.15) is 11.2 Å². The van der Waals surface area contributed by atoms with E-state index in [1.54, 1.807) is 0 Å². The van der Waals surface area contributed by atoms with Gasteiger partial charge in [-0.2, -0.15) is 0 Å². The first-order valence-electron chi connectivity index (χ1n) is 20.5. The van der Waals surface area contributed by atoms with Gasteiger partial charge in [-0.05, 0) is 79.5 Å². The first kappa shape index (κ1) is 34.2. The zero-order chi connectivity index (χ0) is 39.6. The minimum absolute atomic E-state index is 0.514. The molecule has 0 radical (unpaired) electrons. The predicted octanol–water partition coefficient (Wildman–Crippen LogP) is 14.6. The van der Waals surface area contributed by atoms with E-state index in [0.717, 1.165) is 71.9 Å². The van der Waals surface area contributed by atoms with Crippen molar-refractivity contribution in [3.63, 3.8) is 0 Å². The van der Waals surface area contributed by atoms with E-state index in [-0.39, 0.29) is 0 Å². The number of aromatic nitrogens is 2. The third-order valence-corrected chi connectivity index (χ3v) is 12.4. The minimum atomic E-state index is -0.514. The fourth-order valence-corrected chi connectivity index (χ4v) is 9.72. The van der Waals surface area contributed by atoms with Crippen molar-refractivity contribution in [2.75, 3.05) is 0 Å². The van der Waals surface area contributed by atoms with E-state index >= 15 is 0 Å². The van der Waals surface area contributed by atoms with Crippen LogP contribution in [0, 0.1) is 0 Å². The van der Waals surface area contributed by atoms with Gasteiger partial charge < -0.3 is 4.42 Å². The third-order valence-electron chi connectivity index (χ3n) is 12.4. The Morgan fingerprint density at radius 3 is 1.73 bits per heavy atom. The van der Waals surface area contributed by atoms with Crippen molar-refractivity contribution >= 4 is 32.7 Å². The maximum atomic E-state index is 6.13. The molecule has 3 heteroatoms. The number of para-hydroxylation sites is 1. The highest BCUT2D eigenvalue weighted by Crippen LogP contribution is 2.58. The van der Waals surface area contributed by atoms with Crippen LogP contribution in [0.1, 0.15) is 22.3 Å². The van der Waals surface area contributed by atoms with E-state index < -0.39 is 5.41 Å². The number of hydrogen-bond acceptors (Lipinski definition) is 3. The molecule has 0 amide bonds. The molecule has 0 spiro atoms. The Hall–Kier alpha value is -7.88. The van der Waals surface area contributed by atoms with Gasteiger partial charge in [0.15, 0.2) is 5.82 Å². The molecule has 9 aromatic carbocycles. The summed E-state index contributed by atoms with van der Waals surface area (Å²) < 4.78 is 6.13. The Bertz CT molecular complexity index is 3380. The lowest BCUT2D eigenvalue weighted by atomic mass is 9.67. The molecule has 1 aliphatic carbocycles. The average molecular weight is 765 g/mol. The lowest BCUT2D eigenvalue weighted by Crippen LogP contribution is -2.28. The zero-order valence-corrected chi connectivity index (χ0v) is 32.6. The van der Waals surface area contributed by atoms with Gasteiger partial charge in [0, 0.05) is 27.5 Å². The van der Waals surface area contributed by atoms with Crippen LogP contribution in [0.3, 0.4) is 0 Å². The van der Waals surface area contributed by atoms with E-state index in [0.29, 0.717) is 5.82 Å².